The van der Waals surface area contributed by atoms with Gasteiger partial charge in [-0.05, 0) is 36.4 Å². The molecule has 0 spiro atoms. The third kappa shape index (κ3) is 4.48. The highest BCUT2D eigenvalue weighted by atomic mass is 79.9. The number of carbonyl (C=O) groups excluding carboxylic acids is 1. The first kappa shape index (κ1) is 15.4. The van der Waals surface area contributed by atoms with E-state index in [4.69, 9.17) is 21.6 Å². The van der Waals surface area contributed by atoms with Gasteiger partial charge in [-0.2, -0.15) is 5.26 Å². The summed E-state index contributed by atoms with van der Waals surface area (Å²) < 4.78 is 6.10. The summed E-state index contributed by atoms with van der Waals surface area (Å²) in [6.45, 7) is -0.165. The summed E-state index contributed by atoms with van der Waals surface area (Å²) in [5, 5.41) is 12.2. The molecular formula is C15H10BrClN2O2. The van der Waals surface area contributed by atoms with Crippen molar-refractivity contribution in [3.63, 3.8) is 0 Å². The molecule has 0 aromatic heterocycles. The van der Waals surface area contributed by atoms with Gasteiger partial charge in [0.1, 0.15) is 11.8 Å². The van der Waals surface area contributed by atoms with Gasteiger partial charge < -0.3 is 10.1 Å². The van der Waals surface area contributed by atoms with Crippen LogP contribution in [0.4, 0.5) is 5.69 Å². The fraction of sp³-hybridized carbons (Fsp3) is 0.0667. The van der Waals surface area contributed by atoms with E-state index in [1.54, 1.807) is 42.5 Å². The normalized spacial score (nSPS) is 9.76. The van der Waals surface area contributed by atoms with Gasteiger partial charge in [-0.3, -0.25) is 4.79 Å². The molecule has 0 bridgehead atoms. The van der Waals surface area contributed by atoms with E-state index >= 15 is 0 Å². The van der Waals surface area contributed by atoms with Crippen molar-refractivity contribution in [2.45, 2.75) is 0 Å². The van der Waals surface area contributed by atoms with Crippen molar-refractivity contribution >= 4 is 39.1 Å². The van der Waals surface area contributed by atoms with Crippen LogP contribution >= 0.6 is 27.5 Å². The number of nitrogens with zero attached hydrogens (tertiary/aromatic N) is 1. The fourth-order valence-corrected chi connectivity index (χ4v) is 2.15. The van der Waals surface area contributed by atoms with Gasteiger partial charge in [0.15, 0.2) is 6.61 Å². The average Bonchev–Trinajstić information content (AvgIpc) is 2.47. The van der Waals surface area contributed by atoms with Gasteiger partial charge in [0.25, 0.3) is 5.91 Å². The number of halogens is 2. The van der Waals surface area contributed by atoms with Crippen molar-refractivity contribution in [1.82, 2.24) is 0 Å². The van der Waals surface area contributed by atoms with E-state index in [9.17, 15) is 4.79 Å². The summed E-state index contributed by atoms with van der Waals surface area (Å²) in [6.07, 6.45) is 0. The Morgan fingerprint density at radius 3 is 2.86 bits per heavy atom. The minimum Gasteiger partial charge on any atom is -0.484 e. The Morgan fingerprint density at radius 2 is 2.14 bits per heavy atom. The standard InChI is InChI=1S/C15H10BrClN2O2/c16-11-4-5-14(10(6-11)8-18)19-15(20)9-21-13-3-1-2-12(17)7-13/h1-7H,9H2,(H,19,20). The van der Waals surface area contributed by atoms with Crippen LogP contribution in [-0.4, -0.2) is 12.5 Å². The molecule has 2 aromatic rings. The van der Waals surface area contributed by atoms with Gasteiger partial charge in [-0.25, -0.2) is 0 Å². The number of rotatable bonds is 4. The molecule has 6 heteroatoms. The largest absolute Gasteiger partial charge is 0.484 e. The molecule has 106 valence electrons. The van der Waals surface area contributed by atoms with Gasteiger partial charge >= 0.3 is 0 Å². The lowest BCUT2D eigenvalue weighted by atomic mass is 10.2. The summed E-state index contributed by atoms with van der Waals surface area (Å²) in [4.78, 5) is 11.8. The van der Waals surface area contributed by atoms with Crippen molar-refractivity contribution in [2.75, 3.05) is 11.9 Å². The molecule has 0 aliphatic carbocycles. The molecule has 1 N–H and O–H groups in total. The lowest BCUT2D eigenvalue weighted by molar-refractivity contribution is -0.118. The summed E-state index contributed by atoms with van der Waals surface area (Å²) in [5.74, 6) is 0.155. The summed E-state index contributed by atoms with van der Waals surface area (Å²) in [7, 11) is 0. The second-order valence-electron chi connectivity index (χ2n) is 4.10. The maximum Gasteiger partial charge on any atom is 0.262 e. The lowest BCUT2D eigenvalue weighted by Gasteiger charge is -2.09. The maximum absolute atomic E-state index is 11.8. The number of carbonyl (C=O) groups is 1. The van der Waals surface area contributed by atoms with E-state index in [1.807, 2.05) is 6.07 Å². The topological polar surface area (TPSA) is 62.1 Å². The van der Waals surface area contributed by atoms with Crippen molar-refractivity contribution in [3.8, 4) is 11.8 Å². The third-order valence-corrected chi connectivity index (χ3v) is 3.27. The minimum atomic E-state index is -0.353. The molecule has 4 nitrogen and oxygen atoms in total. The molecule has 2 aromatic carbocycles. The van der Waals surface area contributed by atoms with Gasteiger partial charge in [-0.15, -0.1) is 0 Å². The average molecular weight is 366 g/mol. The van der Waals surface area contributed by atoms with Crippen LogP contribution in [0.3, 0.4) is 0 Å². The minimum absolute atomic E-state index is 0.165. The summed E-state index contributed by atoms with van der Waals surface area (Å²) >= 11 is 9.09. The van der Waals surface area contributed by atoms with Crippen LogP contribution in [0, 0.1) is 11.3 Å². The van der Waals surface area contributed by atoms with Gasteiger partial charge in [-0.1, -0.05) is 33.6 Å². The van der Waals surface area contributed by atoms with Crippen LogP contribution in [0.25, 0.3) is 0 Å². The van der Waals surface area contributed by atoms with E-state index in [-0.39, 0.29) is 12.5 Å². The predicted molar refractivity (Wildman–Crippen MR) is 84.4 cm³/mol. The zero-order chi connectivity index (χ0) is 15.2. The molecule has 21 heavy (non-hydrogen) atoms. The Morgan fingerprint density at radius 1 is 1.33 bits per heavy atom. The highest BCUT2D eigenvalue weighted by Crippen LogP contribution is 2.20. The number of nitriles is 1. The van der Waals surface area contributed by atoms with Crippen LogP contribution in [0.15, 0.2) is 46.9 Å². The smallest absolute Gasteiger partial charge is 0.262 e. The van der Waals surface area contributed by atoms with Crippen molar-refractivity contribution in [3.05, 3.63) is 57.5 Å². The van der Waals surface area contributed by atoms with E-state index in [2.05, 4.69) is 21.2 Å². The highest BCUT2D eigenvalue weighted by Gasteiger charge is 2.08. The number of hydrogen-bond acceptors (Lipinski definition) is 3. The Labute approximate surface area is 135 Å². The van der Waals surface area contributed by atoms with Gasteiger partial charge in [0.2, 0.25) is 0 Å². The fourth-order valence-electron chi connectivity index (χ4n) is 1.61. The lowest BCUT2D eigenvalue weighted by Crippen LogP contribution is -2.20. The van der Waals surface area contributed by atoms with Crippen molar-refractivity contribution < 1.29 is 9.53 Å². The molecular weight excluding hydrogens is 356 g/mol. The van der Waals surface area contributed by atoms with Gasteiger partial charge in [0.05, 0.1) is 11.3 Å². The number of anilines is 1. The third-order valence-electron chi connectivity index (χ3n) is 2.54. The van der Waals surface area contributed by atoms with Crippen LogP contribution in [0.1, 0.15) is 5.56 Å². The first-order valence-electron chi connectivity index (χ1n) is 5.96. The number of benzene rings is 2. The van der Waals surface area contributed by atoms with Crippen LogP contribution < -0.4 is 10.1 Å². The molecule has 0 unspecified atom stereocenters. The first-order valence-corrected chi connectivity index (χ1v) is 7.13. The van der Waals surface area contributed by atoms with E-state index in [1.165, 1.54) is 0 Å². The zero-order valence-electron chi connectivity index (χ0n) is 10.8. The number of amides is 1. The SMILES string of the molecule is N#Cc1cc(Br)ccc1NC(=O)COc1cccc(Cl)c1. The molecule has 0 radical (unpaired) electrons. The van der Waals surface area contributed by atoms with Crippen LogP contribution in [-0.2, 0) is 4.79 Å². The predicted octanol–water partition coefficient (Wildman–Crippen LogP) is 3.99. The first-order chi connectivity index (χ1) is 10.1. The van der Waals surface area contributed by atoms with E-state index < -0.39 is 0 Å². The Balaban J connectivity index is 1.98. The van der Waals surface area contributed by atoms with Crippen molar-refractivity contribution in [1.29, 1.82) is 5.26 Å². The molecule has 0 aliphatic rings. The Bertz CT molecular complexity index is 713. The second kappa shape index (κ2) is 7.11. The second-order valence-corrected chi connectivity index (χ2v) is 5.45. The zero-order valence-corrected chi connectivity index (χ0v) is 13.1. The molecule has 0 aliphatic heterocycles. The molecule has 1 amide bonds. The Kier molecular flexibility index (Phi) is 5.20. The van der Waals surface area contributed by atoms with E-state index in [0.717, 1.165) is 4.47 Å². The monoisotopic (exact) mass is 364 g/mol. The molecule has 0 atom stereocenters. The molecule has 0 saturated heterocycles. The summed E-state index contributed by atoms with van der Waals surface area (Å²) in [5.41, 5.74) is 0.820. The van der Waals surface area contributed by atoms with E-state index in [0.29, 0.717) is 22.0 Å². The Hall–Kier alpha value is -2.03. The number of nitrogens with one attached hydrogen (secondary N) is 1. The number of hydrogen-bond donors (Lipinski definition) is 1. The molecule has 0 fully saturated rings. The molecule has 2 rings (SSSR count). The quantitative estimate of drug-likeness (QED) is 0.891. The molecule has 0 saturated carbocycles. The molecule has 0 heterocycles. The highest BCUT2D eigenvalue weighted by molar-refractivity contribution is 9.10. The van der Waals surface area contributed by atoms with Crippen LogP contribution in [0.5, 0.6) is 5.75 Å². The summed E-state index contributed by atoms with van der Waals surface area (Å²) in [6, 6.07) is 13.8. The van der Waals surface area contributed by atoms with Crippen LogP contribution in [0.2, 0.25) is 5.02 Å². The van der Waals surface area contributed by atoms with Crippen molar-refractivity contribution in [2.24, 2.45) is 0 Å². The van der Waals surface area contributed by atoms with Gasteiger partial charge in [0, 0.05) is 9.50 Å². The maximum atomic E-state index is 11.8. The number of ether oxygens (including phenoxy) is 1.